The summed E-state index contributed by atoms with van der Waals surface area (Å²) in [7, 11) is 1.52. The molecule has 0 unspecified atom stereocenters. The van der Waals surface area contributed by atoms with E-state index in [4.69, 9.17) is 10.5 Å². The van der Waals surface area contributed by atoms with E-state index < -0.39 is 17.2 Å². The Kier molecular flexibility index (Phi) is 7.67. The molecule has 1 aliphatic heterocycles. The van der Waals surface area contributed by atoms with Gasteiger partial charge in [-0.05, 0) is 36.6 Å². The highest BCUT2D eigenvalue weighted by molar-refractivity contribution is 6.20. The van der Waals surface area contributed by atoms with Crippen molar-refractivity contribution in [3.8, 4) is 0 Å². The highest BCUT2D eigenvalue weighted by Gasteiger charge is 2.31. The number of hydrogen-bond donors (Lipinski definition) is 2. The molecule has 0 bridgehead atoms. The molecule has 0 aliphatic carbocycles. The van der Waals surface area contributed by atoms with E-state index in [9.17, 15) is 24.0 Å². The number of hydrogen-bond acceptors (Lipinski definition) is 7. The number of carbonyl (C=O) groups is 3. The van der Waals surface area contributed by atoms with Crippen molar-refractivity contribution >= 4 is 34.9 Å². The number of nitrogens with one attached hydrogen (secondary N) is 1. The van der Waals surface area contributed by atoms with Crippen LogP contribution in [0.15, 0.2) is 33.9 Å². The first-order valence-electron chi connectivity index (χ1n) is 11.0. The highest BCUT2D eigenvalue weighted by atomic mass is 16.5. The standard InChI is InChI=1S/C23H29N5O6/c1-14(2)13-27-20(24)19(21(31)25-23(27)33)26(11-4-12-34-3)22(32)15-5-7-16(8-6-15)28-17(29)9-10-18(28)30/h5-8,14H,4,9-13,24H2,1-3H3,(H,25,31,33). The van der Waals surface area contributed by atoms with Crippen molar-refractivity contribution in [2.45, 2.75) is 39.7 Å². The van der Waals surface area contributed by atoms with E-state index in [1.165, 1.54) is 40.8 Å². The van der Waals surface area contributed by atoms with Crippen LogP contribution < -0.4 is 26.8 Å². The van der Waals surface area contributed by atoms with Crippen molar-refractivity contribution in [3.05, 3.63) is 50.7 Å². The maximum Gasteiger partial charge on any atom is 0.330 e. The summed E-state index contributed by atoms with van der Waals surface area (Å²) in [6.07, 6.45) is 0.723. The number of imide groups is 1. The first kappa shape index (κ1) is 24.9. The molecular weight excluding hydrogens is 442 g/mol. The van der Waals surface area contributed by atoms with E-state index in [-0.39, 0.29) is 60.7 Å². The normalized spacial score (nSPS) is 13.7. The minimum absolute atomic E-state index is 0.0694. The van der Waals surface area contributed by atoms with Gasteiger partial charge in [-0.25, -0.2) is 4.79 Å². The summed E-state index contributed by atoms with van der Waals surface area (Å²) in [4.78, 5) is 67.1. The number of amides is 3. The lowest BCUT2D eigenvalue weighted by Crippen LogP contribution is -2.42. The second kappa shape index (κ2) is 10.5. The number of rotatable bonds is 9. The fourth-order valence-corrected chi connectivity index (χ4v) is 3.84. The molecule has 3 N–H and O–H groups in total. The van der Waals surface area contributed by atoms with Gasteiger partial charge < -0.3 is 15.4 Å². The first-order chi connectivity index (χ1) is 16.1. The Morgan fingerprint density at radius 2 is 1.74 bits per heavy atom. The topological polar surface area (TPSA) is 148 Å². The van der Waals surface area contributed by atoms with Gasteiger partial charge in [0.05, 0.1) is 5.69 Å². The number of aromatic amines is 1. The predicted octanol–water partition coefficient (Wildman–Crippen LogP) is 1.11. The molecule has 3 rings (SSSR count). The summed E-state index contributed by atoms with van der Waals surface area (Å²) in [5.74, 6) is -1.14. The monoisotopic (exact) mass is 471 g/mol. The molecule has 1 saturated heterocycles. The van der Waals surface area contributed by atoms with Crippen molar-refractivity contribution in [2.24, 2.45) is 5.92 Å². The average molecular weight is 472 g/mol. The lowest BCUT2D eigenvalue weighted by molar-refractivity contribution is -0.121. The molecule has 3 amide bonds. The van der Waals surface area contributed by atoms with E-state index in [1.807, 2.05) is 13.8 Å². The van der Waals surface area contributed by atoms with Crippen molar-refractivity contribution in [2.75, 3.05) is 35.8 Å². The van der Waals surface area contributed by atoms with Crippen molar-refractivity contribution in [3.63, 3.8) is 0 Å². The minimum Gasteiger partial charge on any atom is -0.385 e. The maximum absolute atomic E-state index is 13.5. The zero-order valence-corrected chi connectivity index (χ0v) is 19.5. The number of H-pyrrole nitrogens is 1. The summed E-state index contributed by atoms with van der Waals surface area (Å²) in [6, 6.07) is 5.98. The molecule has 1 aromatic carbocycles. The van der Waals surface area contributed by atoms with Gasteiger partial charge in [-0.3, -0.25) is 33.6 Å². The van der Waals surface area contributed by atoms with Crippen LogP contribution in [0.25, 0.3) is 0 Å². The van der Waals surface area contributed by atoms with Gasteiger partial charge in [-0.1, -0.05) is 13.8 Å². The Bertz CT molecular complexity index is 1180. The molecule has 0 saturated carbocycles. The number of anilines is 3. The van der Waals surface area contributed by atoms with Gasteiger partial charge in [0.25, 0.3) is 11.5 Å². The lowest BCUT2D eigenvalue weighted by Gasteiger charge is -2.25. The Balaban J connectivity index is 2.01. The lowest BCUT2D eigenvalue weighted by atomic mass is 10.1. The van der Waals surface area contributed by atoms with Crippen molar-refractivity contribution in [1.82, 2.24) is 9.55 Å². The molecular formula is C23H29N5O6. The van der Waals surface area contributed by atoms with Crippen molar-refractivity contribution in [1.29, 1.82) is 0 Å². The largest absolute Gasteiger partial charge is 0.385 e. The van der Waals surface area contributed by atoms with Gasteiger partial charge >= 0.3 is 5.69 Å². The van der Waals surface area contributed by atoms with Crippen LogP contribution in [0.3, 0.4) is 0 Å². The summed E-state index contributed by atoms with van der Waals surface area (Å²) in [5, 5.41) is 0. The van der Waals surface area contributed by atoms with Crippen LogP contribution in [-0.2, 0) is 20.9 Å². The number of nitrogens with zero attached hydrogens (tertiary/aromatic N) is 3. The van der Waals surface area contributed by atoms with E-state index in [0.717, 1.165) is 4.90 Å². The molecule has 0 atom stereocenters. The van der Waals surface area contributed by atoms with Gasteiger partial charge in [0, 0.05) is 45.2 Å². The number of aromatic nitrogens is 2. The third-order valence-electron chi connectivity index (χ3n) is 5.43. The minimum atomic E-state index is -0.766. The Labute approximate surface area is 196 Å². The van der Waals surface area contributed by atoms with Crippen LogP contribution in [0, 0.1) is 5.92 Å². The van der Waals surface area contributed by atoms with Gasteiger partial charge in [0.1, 0.15) is 5.82 Å². The number of carbonyl (C=O) groups excluding carboxylic acids is 3. The molecule has 1 aliphatic rings. The Hall–Kier alpha value is -3.73. The maximum atomic E-state index is 13.5. The second-order valence-electron chi connectivity index (χ2n) is 8.47. The summed E-state index contributed by atoms with van der Waals surface area (Å²) >= 11 is 0. The summed E-state index contributed by atoms with van der Waals surface area (Å²) in [5.41, 5.74) is 5.30. The third-order valence-corrected chi connectivity index (χ3v) is 5.43. The van der Waals surface area contributed by atoms with Gasteiger partial charge in [-0.2, -0.15) is 0 Å². The number of methoxy groups -OCH3 is 1. The molecule has 1 fully saturated rings. The van der Waals surface area contributed by atoms with E-state index in [1.54, 1.807) is 0 Å². The SMILES string of the molecule is COCCCN(C(=O)c1ccc(N2C(=O)CCC2=O)cc1)c1c(N)n(CC(C)C)c(=O)[nH]c1=O. The second-order valence-corrected chi connectivity index (χ2v) is 8.47. The van der Waals surface area contributed by atoms with Crippen LogP contribution in [0.4, 0.5) is 17.2 Å². The molecule has 11 nitrogen and oxygen atoms in total. The summed E-state index contributed by atoms with van der Waals surface area (Å²) < 4.78 is 6.32. The fraction of sp³-hybridized carbons (Fsp3) is 0.435. The molecule has 0 spiro atoms. The van der Waals surface area contributed by atoms with E-state index in [0.29, 0.717) is 18.7 Å². The highest BCUT2D eigenvalue weighted by Crippen LogP contribution is 2.25. The summed E-state index contributed by atoms with van der Waals surface area (Å²) in [6.45, 7) is 4.52. The average Bonchev–Trinajstić information content (AvgIpc) is 3.13. The molecule has 182 valence electrons. The molecule has 1 aromatic heterocycles. The molecule has 2 heterocycles. The van der Waals surface area contributed by atoms with Crippen LogP contribution in [0.5, 0.6) is 0 Å². The van der Waals surface area contributed by atoms with Gasteiger partial charge in [-0.15, -0.1) is 0 Å². The molecule has 2 aromatic rings. The molecule has 34 heavy (non-hydrogen) atoms. The Morgan fingerprint density at radius 1 is 1.12 bits per heavy atom. The van der Waals surface area contributed by atoms with Crippen LogP contribution in [0.1, 0.15) is 43.5 Å². The van der Waals surface area contributed by atoms with Crippen LogP contribution >= 0.6 is 0 Å². The number of ether oxygens (including phenoxy) is 1. The van der Waals surface area contributed by atoms with Gasteiger partial charge in [0.15, 0.2) is 5.69 Å². The smallest absolute Gasteiger partial charge is 0.330 e. The van der Waals surface area contributed by atoms with E-state index in [2.05, 4.69) is 4.98 Å². The zero-order chi connectivity index (χ0) is 25.0. The van der Waals surface area contributed by atoms with Gasteiger partial charge in [0.2, 0.25) is 11.8 Å². The number of benzene rings is 1. The fourth-order valence-electron chi connectivity index (χ4n) is 3.84. The van der Waals surface area contributed by atoms with Crippen LogP contribution in [-0.4, -0.2) is 47.5 Å². The number of nitrogen functional groups attached to an aromatic ring is 1. The van der Waals surface area contributed by atoms with Crippen molar-refractivity contribution < 1.29 is 19.1 Å². The molecule has 0 radical (unpaired) electrons. The third kappa shape index (κ3) is 5.09. The van der Waals surface area contributed by atoms with E-state index >= 15 is 0 Å². The number of nitrogens with two attached hydrogens (primary N) is 1. The molecule has 11 heteroatoms. The Morgan fingerprint density at radius 3 is 2.29 bits per heavy atom. The predicted molar refractivity (Wildman–Crippen MR) is 127 cm³/mol. The first-order valence-corrected chi connectivity index (χ1v) is 11.0. The quantitative estimate of drug-likeness (QED) is 0.411. The van der Waals surface area contributed by atoms with Crippen LogP contribution in [0.2, 0.25) is 0 Å². The zero-order valence-electron chi connectivity index (χ0n) is 19.5.